The number of aromatic nitrogens is 1. The molecular weight excluding hydrogens is 451 g/mol. The Bertz CT molecular complexity index is 1040. The molecule has 3 rings (SSSR count). The van der Waals surface area contributed by atoms with Gasteiger partial charge in [0.2, 0.25) is 0 Å². The van der Waals surface area contributed by atoms with Crippen LogP contribution in [0.3, 0.4) is 0 Å². The second-order valence-corrected chi connectivity index (χ2v) is 7.59. The molecule has 0 radical (unpaired) electrons. The molecule has 0 fully saturated rings. The maximum Gasteiger partial charge on any atom is 0.325 e. The molecule has 0 saturated carbocycles. The molecule has 7 heteroatoms. The minimum absolute atomic E-state index is 0.0115. The average molecular weight is 466 g/mol. The first-order chi connectivity index (χ1) is 12.0. The predicted molar refractivity (Wildman–Crippen MR) is 106 cm³/mol. The lowest BCUT2D eigenvalue weighted by Crippen LogP contribution is -2.22. The van der Waals surface area contributed by atoms with E-state index < -0.39 is 0 Å². The van der Waals surface area contributed by atoms with Crippen molar-refractivity contribution in [3.8, 4) is 0 Å². The molecule has 128 valence electrons. The summed E-state index contributed by atoms with van der Waals surface area (Å²) in [5.41, 5.74) is 2.51. The highest BCUT2D eigenvalue weighted by Crippen LogP contribution is 2.19. The fourth-order valence-corrected chi connectivity index (χ4v) is 4.14. The van der Waals surface area contributed by atoms with Crippen LogP contribution in [0.5, 0.6) is 0 Å². The summed E-state index contributed by atoms with van der Waals surface area (Å²) in [5, 5.41) is 0. The lowest BCUT2D eigenvalue weighted by Gasteiger charge is -2.04. The Morgan fingerprint density at radius 3 is 2.72 bits per heavy atom. The zero-order valence-corrected chi connectivity index (χ0v) is 16.6. The Kier molecular flexibility index (Phi) is 5.33. The number of nitrogens with zero attached hydrogens (tertiary/aromatic N) is 2. The van der Waals surface area contributed by atoms with Gasteiger partial charge in [-0.15, -0.1) is 0 Å². The van der Waals surface area contributed by atoms with Gasteiger partial charge in [-0.2, -0.15) is 4.99 Å². The maximum absolute atomic E-state index is 12.6. The third-order valence-electron chi connectivity index (χ3n) is 3.65. The highest BCUT2D eigenvalue weighted by molar-refractivity contribution is 14.1. The summed E-state index contributed by atoms with van der Waals surface area (Å²) < 4.78 is 8.31. The Morgan fingerprint density at radius 2 is 2.00 bits per heavy atom. The number of carbonyl (C=O) groups is 2. The van der Waals surface area contributed by atoms with Crippen LogP contribution in [0.4, 0.5) is 0 Å². The Labute approximate surface area is 162 Å². The standard InChI is InChI=1S/C18H15IN2O3S/c1-11-7-8-14-15(9-11)25-18(21(14)10-16(22)24-2)20-17(23)12-5-3-4-6-13(12)19/h3-9H,10H2,1-2H3. The Hall–Kier alpha value is -2.00. The van der Waals surface area contributed by atoms with Gasteiger partial charge in [0, 0.05) is 3.57 Å². The minimum atomic E-state index is -0.386. The van der Waals surface area contributed by atoms with Crippen molar-refractivity contribution in [3.05, 3.63) is 62.0 Å². The number of hydrogen-bond acceptors (Lipinski definition) is 4. The highest BCUT2D eigenvalue weighted by atomic mass is 127. The average Bonchev–Trinajstić information content (AvgIpc) is 2.91. The van der Waals surface area contributed by atoms with Gasteiger partial charge < -0.3 is 9.30 Å². The lowest BCUT2D eigenvalue weighted by molar-refractivity contribution is -0.141. The van der Waals surface area contributed by atoms with Crippen LogP contribution in [0.15, 0.2) is 47.5 Å². The van der Waals surface area contributed by atoms with E-state index in [0.717, 1.165) is 19.4 Å². The van der Waals surface area contributed by atoms with E-state index in [1.54, 1.807) is 10.6 Å². The smallest absolute Gasteiger partial charge is 0.325 e. The molecule has 0 N–H and O–H groups in total. The molecule has 5 nitrogen and oxygen atoms in total. The number of amides is 1. The number of fused-ring (bicyclic) bond motifs is 1. The van der Waals surface area contributed by atoms with E-state index in [1.165, 1.54) is 18.4 Å². The Morgan fingerprint density at radius 1 is 1.24 bits per heavy atom. The van der Waals surface area contributed by atoms with Crippen molar-refractivity contribution in [2.24, 2.45) is 4.99 Å². The molecule has 0 atom stereocenters. The molecule has 0 spiro atoms. The summed E-state index contributed by atoms with van der Waals surface area (Å²) >= 11 is 3.50. The number of esters is 1. The third kappa shape index (κ3) is 3.82. The summed E-state index contributed by atoms with van der Waals surface area (Å²) in [7, 11) is 1.34. The van der Waals surface area contributed by atoms with Crippen molar-refractivity contribution < 1.29 is 14.3 Å². The van der Waals surface area contributed by atoms with Crippen LogP contribution in [0, 0.1) is 10.5 Å². The molecule has 2 aromatic carbocycles. The molecule has 1 aromatic heterocycles. The van der Waals surface area contributed by atoms with Gasteiger partial charge in [0.05, 0.1) is 22.9 Å². The normalized spacial score (nSPS) is 11.7. The first-order valence-electron chi connectivity index (χ1n) is 7.50. The zero-order valence-electron chi connectivity index (χ0n) is 13.7. The van der Waals surface area contributed by atoms with Gasteiger partial charge in [-0.1, -0.05) is 29.5 Å². The fourth-order valence-electron chi connectivity index (χ4n) is 2.39. The van der Waals surface area contributed by atoms with Gasteiger partial charge in [0.25, 0.3) is 5.91 Å². The molecule has 1 amide bonds. The first kappa shape index (κ1) is 17.8. The van der Waals surface area contributed by atoms with E-state index in [9.17, 15) is 9.59 Å². The second-order valence-electron chi connectivity index (χ2n) is 5.41. The highest BCUT2D eigenvalue weighted by Gasteiger charge is 2.13. The van der Waals surface area contributed by atoms with Crippen LogP contribution >= 0.6 is 33.9 Å². The lowest BCUT2D eigenvalue weighted by atomic mass is 10.2. The van der Waals surface area contributed by atoms with Gasteiger partial charge in [-0.25, -0.2) is 0 Å². The van der Waals surface area contributed by atoms with Gasteiger partial charge in [0.1, 0.15) is 6.54 Å². The van der Waals surface area contributed by atoms with Gasteiger partial charge >= 0.3 is 5.97 Å². The van der Waals surface area contributed by atoms with Crippen LogP contribution < -0.4 is 4.80 Å². The number of methoxy groups -OCH3 is 1. The SMILES string of the molecule is COC(=O)Cn1c(=NC(=O)c2ccccc2I)sc2cc(C)ccc21. The van der Waals surface area contributed by atoms with Crippen LogP contribution in [0.2, 0.25) is 0 Å². The topological polar surface area (TPSA) is 60.7 Å². The number of carbonyl (C=O) groups excluding carboxylic acids is 2. The van der Waals surface area contributed by atoms with E-state index in [1.807, 2.05) is 43.3 Å². The number of benzene rings is 2. The number of ether oxygens (including phenoxy) is 1. The number of thiazole rings is 1. The third-order valence-corrected chi connectivity index (χ3v) is 5.64. The van der Waals surface area contributed by atoms with Crippen LogP contribution in [0.25, 0.3) is 10.2 Å². The molecule has 0 aliphatic carbocycles. The number of rotatable bonds is 3. The predicted octanol–water partition coefficient (Wildman–Crippen LogP) is 3.53. The van der Waals surface area contributed by atoms with Crippen molar-refractivity contribution >= 4 is 56.0 Å². The second kappa shape index (κ2) is 7.49. The number of halogens is 1. The zero-order chi connectivity index (χ0) is 18.0. The summed E-state index contributed by atoms with van der Waals surface area (Å²) in [4.78, 5) is 29.1. The van der Waals surface area contributed by atoms with Crippen LogP contribution in [0.1, 0.15) is 15.9 Å². The number of aryl methyl sites for hydroxylation is 1. The fraction of sp³-hybridized carbons (Fsp3) is 0.167. The van der Waals surface area contributed by atoms with Crippen molar-refractivity contribution in [2.45, 2.75) is 13.5 Å². The molecule has 0 unspecified atom stereocenters. The monoisotopic (exact) mass is 466 g/mol. The van der Waals surface area contributed by atoms with E-state index >= 15 is 0 Å². The van der Waals surface area contributed by atoms with Crippen molar-refractivity contribution in [2.75, 3.05) is 7.11 Å². The molecular formula is C18H15IN2O3S. The summed E-state index contributed by atoms with van der Waals surface area (Å²) in [6.45, 7) is 2.01. The van der Waals surface area contributed by atoms with E-state index in [2.05, 4.69) is 27.6 Å². The molecule has 0 bridgehead atoms. The van der Waals surface area contributed by atoms with E-state index in [4.69, 9.17) is 4.74 Å². The molecule has 25 heavy (non-hydrogen) atoms. The van der Waals surface area contributed by atoms with E-state index in [0.29, 0.717) is 10.4 Å². The van der Waals surface area contributed by atoms with Gasteiger partial charge in [-0.05, 0) is 59.3 Å². The largest absolute Gasteiger partial charge is 0.468 e. The molecule has 0 saturated heterocycles. The van der Waals surface area contributed by atoms with Gasteiger partial charge in [0.15, 0.2) is 4.80 Å². The molecule has 0 aliphatic heterocycles. The van der Waals surface area contributed by atoms with Crippen LogP contribution in [-0.2, 0) is 16.1 Å². The van der Waals surface area contributed by atoms with Crippen molar-refractivity contribution in [3.63, 3.8) is 0 Å². The number of hydrogen-bond donors (Lipinski definition) is 0. The Balaban J connectivity index is 2.17. The van der Waals surface area contributed by atoms with E-state index in [-0.39, 0.29) is 18.4 Å². The molecule has 3 aromatic rings. The maximum atomic E-state index is 12.6. The summed E-state index contributed by atoms with van der Waals surface area (Å²) in [6, 6.07) is 13.2. The molecule has 1 heterocycles. The first-order valence-corrected chi connectivity index (χ1v) is 9.39. The quantitative estimate of drug-likeness (QED) is 0.439. The van der Waals surface area contributed by atoms with Crippen LogP contribution in [-0.4, -0.2) is 23.6 Å². The summed E-state index contributed by atoms with van der Waals surface area (Å²) in [5.74, 6) is -0.713. The van der Waals surface area contributed by atoms with Crippen molar-refractivity contribution in [1.29, 1.82) is 0 Å². The van der Waals surface area contributed by atoms with Gasteiger partial charge in [-0.3, -0.25) is 9.59 Å². The van der Waals surface area contributed by atoms with Crippen molar-refractivity contribution in [1.82, 2.24) is 4.57 Å². The summed E-state index contributed by atoms with van der Waals surface area (Å²) in [6.07, 6.45) is 0. The minimum Gasteiger partial charge on any atom is -0.468 e. The molecule has 0 aliphatic rings.